The molecular formula is C51H85N3O21S9. The summed E-state index contributed by atoms with van der Waals surface area (Å²) in [5, 5.41) is -1.22. The lowest BCUT2D eigenvalue weighted by Gasteiger charge is -2.32. The number of carbonyl (C=O) groups is 9. The summed E-state index contributed by atoms with van der Waals surface area (Å²) < 4.78 is 48.5. The summed E-state index contributed by atoms with van der Waals surface area (Å²) in [4.78, 5) is 144. The number of thiol groups is 7. The fourth-order valence-electron chi connectivity index (χ4n) is 6.08. The molecule has 484 valence electrons. The molecule has 0 saturated heterocycles. The number of aromatic nitrogens is 3. The van der Waals surface area contributed by atoms with Gasteiger partial charge >= 0.3 is 70.8 Å². The van der Waals surface area contributed by atoms with E-state index < -0.39 is 84.3 Å². The first-order chi connectivity index (χ1) is 39.3. The van der Waals surface area contributed by atoms with Crippen molar-refractivity contribution in [1.29, 1.82) is 0 Å². The van der Waals surface area contributed by atoms with Crippen LogP contribution in [-0.2, 0) is 105 Å². The lowest BCUT2D eigenvalue weighted by atomic mass is 10.1. The number of thioether (sulfide) groups is 2. The lowest BCUT2D eigenvalue weighted by Crippen LogP contribution is -2.55. The number of carbonyl (C=O) groups excluding carboxylic acids is 9. The van der Waals surface area contributed by atoms with E-state index in [9.17, 15) is 57.5 Å². The molecule has 7 atom stereocenters. The Hall–Kier alpha value is -3.21. The smallest absolute Gasteiger partial charge is 0.336 e. The summed E-state index contributed by atoms with van der Waals surface area (Å²) in [7, 11) is 0. The van der Waals surface area contributed by atoms with E-state index in [-0.39, 0.29) is 132 Å². The molecule has 1 rings (SSSR count). The molecule has 0 N–H and O–H groups in total. The van der Waals surface area contributed by atoms with Gasteiger partial charge in [0.25, 0.3) is 0 Å². The van der Waals surface area contributed by atoms with Crippen molar-refractivity contribution in [2.45, 2.75) is 168 Å². The van der Waals surface area contributed by atoms with Crippen LogP contribution in [0.25, 0.3) is 0 Å². The molecule has 0 amide bonds. The van der Waals surface area contributed by atoms with Gasteiger partial charge in [0.2, 0.25) is 5.60 Å². The average Bonchev–Trinajstić information content (AvgIpc) is 2.90. The van der Waals surface area contributed by atoms with Crippen LogP contribution in [0.5, 0.6) is 0 Å². The van der Waals surface area contributed by atoms with Crippen LogP contribution in [0.15, 0.2) is 14.4 Å². The standard InChI is InChI=1S/C20H31N3O9S3.C19H32O8S4.C12H22O4S2/c1-13(33)10-15(24)30-7-4-21-18(27)22(5-8-31-16(25)11-14(2)34)20(29)23(19(21)28)6-9-32-17(26)12-35-3;1-12(28)5-15(20)24-9-19(11-26-18(23)8-31-4,27-17(22)7-14(3)30)10-25-16(21)6-13(2)29;1-9(17)7-11(13)15-5-3-4-6-16-12(14)8-10(2)18/h13-14,33-34H,4-12H2,1-3H3;12-14,28-30H,5-11H2,1-4H3;9-10,17-18H,3-8H2,1-2H3. The topological polar surface area (TPSA) is 303 Å². The summed E-state index contributed by atoms with van der Waals surface area (Å²) in [5.41, 5.74) is -4.54. The Bertz CT molecular complexity index is 2240. The minimum Gasteiger partial charge on any atom is -0.466 e. The van der Waals surface area contributed by atoms with E-state index in [1.165, 1.54) is 23.5 Å². The van der Waals surface area contributed by atoms with Gasteiger partial charge in [0, 0.05) is 36.7 Å². The molecule has 1 heterocycles. The molecular weight excluding hydrogens is 1280 g/mol. The number of rotatable bonds is 39. The Morgan fingerprint density at radius 3 is 0.833 bits per heavy atom. The molecule has 0 aliphatic heterocycles. The van der Waals surface area contributed by atoms with Gasteiger partial charge in [-0.2, -0.15) is 112 Å². The van der Waals surface area contributed by atoms with Crippen LogP contribution in [0, 0.1) is 0 Å². The Labute approximate surface area is 538 Å². The van der Waals surface area contributed by atoms with Crippen molar-refractivity contribution >= 4 is 166 Å². The third-order valence-electron chi connectivity index (χ3n) is 9.76. The molecule has 0 saturated carbocycles. The van der Waals surface area contributed by atoms with Crippen molar-refractivity contribution in [2.24, 2.45) is 0 Å². The van der Waals surface area contributed by atoms with Crippen molar-refractivity contribution in [3.8, 4) is 0 Å². The van der Waals surface area contributed by atoms with Gasteiger partial charge in [-0.05, 0) is 25.4 Å². The Morgan fingerprint density at radius 1 is 0.357 bits per heavy atom. The van der Waals surface area contributed by atoms with Crippen LogP contribution in [-0.4, -0.2) is 187 Å². The molecule has 0 radical (unpaired) electrons. The Morgan fingerprint density at radius 2 is 0.571 bits per heavy atom. The predicted octanol–water partition coefficient (Wildman–Crippen LogP) is 4.24. The van der Waals surface area contributed by atoms with Gasteiger partial charge in [0.05, 0.1) is 89.3 Å². The normalized spacial score (nSPS) is 14.0. The zero-order valence-electron chi connectivity index (χ0n) is 49.0. The fraction of sp³-hybridized carbons (Fsp3) is 0.765. The molecule has 0 aliphatic carbocycles. The molecule has 0 bridgehead atoms. The van der Waals surface area contributed by atoms with Crippen molar-refractivity contribution in [3.05, 3.63) is 31.5 Å². The van der Waals surface area contributed by atoms with Gasteiger partial charge in [-0.1, -0.05) is 48.5 Å². The highest BCUT2D eigenvalue weighted by Gasteiger charge is 2.40. The molecule has 0 spiro atoms. The highest BCUT2D eigenvalue weighted by atomic mass is 32.2. The highest BCUT2D eigenvalue weighted by Crippen LogP contribution is 2.20. The maximum atomic E-state index is 12.9. The van der Waals surface area contributed by atoms with Gasteiger partial charge < -0.3 is 42.6 Å². The van der Waals surface area contributed by atoms with Crippen LogP contribution in [0.2, 0.25) is 0 Å². The van der Waals surface area contributed by atoms with Crippen LogP contribution >= 0.6 is 112 Å². The second kappa shape index (κ2) is 47.8. The molecule has 84 heavy (non-hydrogen) atoms. The number of ether oxygens (including phenoxy) is 9. The van der Waals surface area contributed by atoms with Crippen molar-refractivity contribution in [1.82, 2.24) is 13.7 Å². The zero-order valence-corrected chi connectivity index (χ0v) is 56.9. The molecule has 1 aromatic heterocycles. The number of unbranched alkanes of at least 4 members (excludes halogenated alkanes) is 1. The summed E-state index contributed by atoms with van der Waals surface area (Å²) in [6.07, 6.45) is 5.53. The number of hydrogen-bond donors (Lipinski definition) is 7. The monoisotopic (exact) mass is 1360 g/mol. The van der Waals surface area contributed by atoms with Gasteiger partial charge in [0.15, 0.2) is 0 Å². The third-order valence-corrected chi connectivity index (χ3v) is 12.1. The predicted molar refractivity (Wildman–Crippen MR) is 343 cm³/mol. The van der Waals surface area contributed by atoms with E-state index in [2.05, 4.69) is 88.4 Å². The van der Waals surface area contributed by atoms with Crippen LogP contribution in [0.3, 0.4) is 0 Å². The van der Waals surface area contributed by atoms with Crippen molar-refractivity contribution in [3.63, 3.8) is 0 Å². The van der Waals surface area contributed by atoms with E-state index in [0.717, 1.165) is 13.7 Å². The second-order valence-electron chi connectivity index (χ2n) is 19.0. The first-order valence-corrected chi connectivity index (χ1v) is 32.8. The van der Waals surface area contributed by atoms with Crippen molar-refractivity contribution < 1.29 is 85.8 Å². The summed E-state index contributed by atoms with van der Waals surface area (Å²) in [6, 6.07) is 0. The molecule has 7 unspecified atom stereocenters. The van der Waals surface area contributed by atoms with Crippen molar-refractivity contribution in [2.75, 3.05) is 76.9 Å². The SMILES string of the molecule is CC(S)CC(=O)OCCCCOC(=O)CC(C)S.CSCC(=O)OCC(COC(=O)CC(C)S)(COC(=O)CC(C)S)OC(=O)CC(C)S.CSCC(=O)OCCn1c(=O)n(CCOC(=O)CC(C)S)c(=O)n(CCOC(=O)CC(C)S)c1=O. The maximum Gasteiger partial charge on any atom is 0.336 e. The van der Waals surface area contributed by atoms with Crippen LogP contribution in [0.4, 0.5) is 0 Å². The first kappa shape index (κ1) is 82.9. The highest BCUT2D eigenvalue weighted by molar-refractivity contribution is 7.99. The van der Waals surface area contributed by atoms with E-state index >= 15 is 0 Å². The van der Waals surface area contributed by atoms with Gasteiger partial charge in [0.1, 0.15) is 39.6 Å². The minimum absolute atomic E-state index is 0.0154. The number of hydrogen-bond acceptors (Lipinski definition) is 30. The second-order valence-corrected chi connectivity index (χ2v) is 26.9. The van der Waals surface area contributed by atoms with Gasteiger partial charge in [-0.25, -0.2) is 28.1 Å². The summed E-state index contributed by atoms with van der Waals surface area (Å²) >= 11 is 31.4. The van der Waals surface area contributed by atoms with E-state index in [0.29, 0.717) is 38.9 Å². The summed E-state index contributed by atoms with van der Waals surface area (Å²) in [5.74, 6) is -4.32. The van der Waals surface area contributed by atoms with Crippen LogP contribution in [0.1, 0.15) is 106 Å². The molecule has 33 heteroatoms. The number of esters is 9. The first-order valence-electron chi connectivity index (χ1n) is 26.4. The number of nitrogens with zero attached hydrogens (tertiary/aromatic N) is 3. The summed E-state index contributed by atoms with van der Waals surface area (Å²) in [6.45, 7) is 9.81. The third kappa shape index (κ3) is 43.4. The van der Waals surface area contributed by atoms with Crippen LogP contribution < -0.4 is 17.1 Å². The average molecular weight is 1360 g/mol. The van der Waals surface area contributed by atoms with E-state index in [1.807, 2.05) is 13.8 Å². The van der Waals surface area contributed by atoms with E-state index in [1.54, 1.807) is 47.1 Å². The van der Waals surface area contributed by atoms with E-state index in [4.69, 9.17) is 42.6 Å². The zero-order chi connectivity index (χ0) is 64.5. The minimum atomic E-state index is -1.70. The Kier molecular flexibility index (Phi) is 47.2. The largest absolute Gasteiger partial charge is 0.466 e. The molecule has 0 aliphatic rings. The lowest BCUT2D eigenvalue weighted by molar-refractivity contribution is -0.195. The molecule has 0 aromatic carbocycles. The molecule has 24 nitrogen and oxygen atoms in total. The maximum absolute atomic E-state index is 12.9. The molecule has 1 aromatic rings. The molecule has 0 fully saturated rings. The van der Waals surface area contributed by atoms with Gasteiger partial charge in [-0.3, -0.25) is 43.2 Å². The van der Waals surface area contributed by atoms with Gasteiger partial charge in [-0.15, -0.1) is 0 Å². The fourth-order valence-corrected chi connectivity index (χ4v) is 7.76. The Balaban J connectivity index is 0. The quantitative estimate of drug-likeness (QED) is 0.0210.